The molecule has 0 aliphatic carbocycles. The van der Waals surface area contributed by atoms with E-state index >= 15 is 0 Å². The Kier molecular flexibility index (Phi) is 5.79. The number of nitrogens with zero attached hydrogens (tertiary/aromatic N) is 5. The summed E-state index contributed by atoms with van der Waals surface area (Å²) >= 11 is 0. The maximum Gasteiger partial charge on any atom is 0.0124 e. The second-order valence-electron chi connectivity index (χ2n) is 7.56. The van der Waals surface area contributed by atoms with Crippen LogP contribution in [-0.4, -0.2) is 91.0 Å². The van der Waals surface area contributed by atoms with Crippen molar-refractivity contribution in [2.45, 2.75) is 20.3 Å². The lowest BCUT2D eigenvalue weighted by atomic mass is 9.97. The van der Waals surface area contributed by atoms with Crippen molar-refractivity contribution in [3.8, 4) is 0 Å². The Morgan fingerprint density at radius 1 is 0.714 bits per heavy atom. The zero-order chi connectivity index (χ0) is 16.6. The number of hydrogen-bond acceptors (Lipinski definition) is 5. The molecule has 21 heavy (non-hydrogen) atoms. The molecule has 130 valence electrons. The minimum atomic E-state index is -2.67. The highest BCUT2D eigenvalue weighted by Gasteiger charge is 2.54. The van der Waals surface area contributed by atoms with Crippen molar-refractivity contribution in [2.75, 3.05) is 69.5 Å². The van der Waals surface area contributed by atoms with E-state index < -0.39 is 10.1 Å². The highest BCUT2D eigenvalue weighted by atomic mass is 32.3. The number of thiol groups is 1. The Morgan fingerprint density at radius 2 is 1.00 bits per heavy atom. The van der Waals surface area contributed by atoms with Gasteiger partial charge in [0.25, 0.3) is 0 Å². The Hall–Kier alpha value is 0.150. The first kappa shape index (κ1) is 19.2. The van der Waals surface area contributed by atoms with E-state index in [1.165, 1.54) is 6.42 Å². The first-order chi connectivity index (χ1) is 9.51. The van der Waals surface area contributed by atoms with E-state index in [4.69, 9.17) is 0 Å². The average Bonchev–Trinajstić information content (AvgIpc) is 2.26. The third-order valence-corrected chi connectivity index (χ3v) is 12.4. The molecule has 0 radical (unpaired) electrons. The van der Waals surface area contributed by atoms with Gasteiger partial charge in [-0.25, -0.2) is 21.5 Å². The monoisotopic (exact) mass is 321 g/mol. The summed E-state index contributed by atoms with van der Waals surface area (Å²) < 4.78 is 12.7. The van der Waals surface area contributed by atoms with Crippen LogP contribution >= 0.6 is 10.1 Å². The van der Waals surface area contributed by atoms with Gasteiger partial charge in [0.05, 0.1) is 0 Å². The summed E-state index contributed by atoms with van der Waals surface area (Å²) in [6.45, 7) is 7.04. The lowest BCUT2D eigenvalue weighted by Gasteiger charge is -2.82. The van der Waals surface area contributed by atoms with Gasteiger partial charge in [-0.15, -0.1) is 0 Å². The molecule has 1 aliphatic heterocycles. The van der Waals surface area contributed by atoms with Gasteiger partial charge in [-0.3, -0.25) is 0 Å². The fraction of sp³-hybridized carbons (Fsp3) is 1.00. The maximum atomic E-state index is 2.63. The maximum absolute atomic E-state index is 2.67. The number of rotatable bonds is 3. The van der Waals surface area contributed by atoms with Crippen LogP contribution in [0.5, 0.6) is 0 Å². The van der Waals surface area contributed by atoms with Gasteiger partial charge in [-0.2, -0.15) is 0 Å². The minimum absolute atomic E-state index is 0.722. The van der Waals surface area contributed by atoms with E-state index in [0.717, 1.165) is 24.9 Å². The van der Waals surface area contributed by atoms with Gasteiger partial charge in [0.1, 0.15) is 0 Å². The molecular weight excluding hydrogens is 282 g/mol. The molecule has 5 nitrogen and oxygen atoms in total. The zero-order valence-corrected chi connectivity index (χ0v) is 16.9. The molecule has 6 heteroatoms. The van der Waals surface area contributed by atoms with E-state index in [9.17, 15) is 0 Å². The summed E-state index contributed by atoms with van der Waals surface area (Å²) in [4.78, 5) is 0. The predicted molar refractivity (Wildman–Crippen MR) is 98.3 cm³/mol. The molecule has 1 heterocycles. The van der Waals surface area contributed by atoms with Crippen LogP contribution in [0.25, 0.3) is 0 Å². The van der Waals surface area contributed by atoms with Crippen molar-refractivity contribution >= 4 is 10.1 Å². The van der Waals surface area contributed by atoms with E-state index in [-0.39, 0.29) is 0 Å². The predicted octanol–water partition coefficient (Wildman–Crippen LogP) is 1.86. The average molecular weight is 322 g/mol. The SMILES string of the molecule is CC1CC(C)CN(C)[SH](N(C)C)(N(C)C)(N(C)C)N(C)C1. The largest absolute Gasteiger partial charge is 0.249 e. The topological polar surface area (TPSA) is 16.2 Å². The molecule has 1 saturated heterocycles. The lowest BCUT2D eigenvalue weighted by Crippen LogP contribution is -2.68. The third kappa shape index (κ3) is 2.44. The van der Waals surface area contributed by atoms with Crippen LogP contribution < -0.4 is 0 Å². The molecule has 2 atom stereocenters. The summed E-state index contributed by atoms with van der Waals surface area (Å²) in [7, 11) is 15.4. The highest BCUT2D eigenvalue weighted by molar-refractivity contribution is 8.40. The standard InChI is InChI=1S/C15H39N5S/c1-14-11-15(2)13-20(10)21(16(3)4,17(5)6,18(7)8)19(9)12-14/h14-15,21H,11-13H2,1-10H3. The summed E-state index contributed by atoms with van der Waals surface area (Å²) in [6, 6.07) is 0. The van der Waals surface area contributed by atoms with Crippen molar-refractivity contribution in [2.24, 2.45) is 11.8 Å². The Balaban J connectivity index is 3.61. The van der Waals surface area contributed by atoms with Crippen LogP contribution in [0.2, 0.25) is 0 Å². The Labute approximate surface area is 133 Å². The molecule has 2 unspecified atom stereocenters. The summed E-state index contributed by atoms with van der Waals surface area (Å²) in [5, 5.41) is 0. The van der Waals surface area contributed by atoms with E-state index in [2.05, 4.69) is 91.8 Å². The second-order valence-corrected chi connectivity index (χ2v) is 13.1. The van der Waals surface area contributed by atoms with Crippen molar-refractivity contribution in [3.63, 3.8) is 0 Å². The molecule has 0 aromatic heterocycles. The second kappa shape index (κ2) is 6.34. The van der Waals surface area contributed by atoms with Gasteiger partial charge in [0, 0.05) is 13.1 Å². The molecule has 1 fully saturated rings. The Morgan fingerprint density at radius 3 is 1.24 bits per heavy atom. The van der Waals surface area contributed by atoms with Crippen molar-refractivity contribution in [3.05, 3.63) is 0 Å². The van der Waals surface area contributed by atoms with Crippen molar-refractivity contribution in [1.29, 1.82) is 0 Å². The van der Waals surface area contributed by atoms with E-state index in [1.807, 2.05) is 0 Å². The molecule has 0 aromatic rings. The first-order valence-corrected chi connectivity index (χ1v) is 10.00. The van der Waals surface area contributed by atoms with Crippen LogP contribution in [0.3, 0.4) is 0 Å². The van der Waals surface area contributed by atoms with Crippen LogP contribution in [0.15, 0.2) is 0 Å². The quantitative estimate of drug-likeness (QED) is 0.796. The molecule has 0 spiro atoms. The molecule has 1 aliphatic rings. The third-order valence-electron chi connectivity index (χ3n) is 5.32. The first-order valence-electron chi connectivity index (χ1n) is 8.00. The van der Waals surface area contributed by atoms with Crippen LogP contribution in [0.4, 0.5) is 0 Å². The van der Waals surface area contributed by atoms with Crippen molar-refractivity contribution in [1.82, 2.24) is 21.5 Å². The van der Waals surface area contributed by atoms with Gasteiger partial charge in [-0.1, -0.05) is 23.9 Å². The normalized spacial score (nSPS) is 33.7. The summed E-state index contributed by atoms with van der Waals surface area (Å²) in [5.74, 6) is 1.44. The Bertz CT molecular complexity index is 313. The van der Waals surface area contributed by atoms with Gasteiger partial charge < -0.3 is 0 Å². The molecule has 1 rings (SSSR count). The van der Waals surface area contributed by atoms with Crippen LogP contribution in [0.1, 0.15) is 20.3 Å². The van der Waals surface area contributed by atoms with Gasteiger partial charge in [0.15, 0.2) is 0 Å². The summed E-state index contributed by atoms with van der Waals surface area (Å²) in [6.07, 6.45) is 1.30. The number of hydrogen-bond donors (Lipinski definition) is 1. The lowest BCUT2D eigenvalue weighted by molar-refractivity contribution is 0.218. The highest BCUT2D eigenvalue weighted by Crippen LogP contribution is 2.77. The molecule has 0 bridgehead atoms. The van der Waals surface area contributed by atoms with Gasteiger partial charge in [-0.05, 0) is 74.6 Å². The van der Waals surface area contributed by atoms with Gasteiger partial charge in [0.2, 0.25) is 0 Å². The fourth-order valence-corrected chi connectivity index (χ4v) is 12.7. The molecule has 0 amide bonds. The molecule has 0 N–H and O–H groups in total. The molecular formula is C15H39N5S. The zero-order valence-electron chi connectivity index (χ0n) is 16.0. The smallest absolute Gasteiger partial charge is 0.0124 e. The fourth-order valence-electron chi connectivity index (χ4n) is 5.20. The van der Waals surface area contributed by atoms with Gasteiger partial charge >= 0.3 is 0 Å². The molecule has 0 aromatic carbocycles. The van der Waals surface area contributed by atoms with E-state index in [1.54, 1.807) is 0 Å². The van der Waals surface area contributed by atoms with E-state index in [0.29, 0.717) is 0 Å². The van der Waals surface area contributed by atoms with Crippen LogP contribution in [-0.2, 0) is 0 Å². The molecule has 0 saturated carbocycles. The van der Waals surface area contributed by atoms with Crippen molar-refractivity contribution < 1.29 is 0 Å². The minimum Gasteiger partial charge on any atom is -0.249 e. The van der Waals surface area contributed by atoms with Crippen LogP contribution in [0, 0.1) is 11.8 Å². The summed E-state index contributed by atoms with van der Waals surface area (Å²) in [5.41, 5.74) is 0.